The van der Waals surface area contributed by atoms with E-state index in [0.29, 0.717) is 18.7 Å². The van der Waals surface area contributed by atoms with Crippen molar-refractivity contribution in [3.8, 4) is 0 Å². The molecule has 0 amide bonds. The summed E-state index contributed by atoms with van der Waals surface area (Å²) in [6.07, 6.45) is -0.441. The van der Waals surface area contributed by atoms with Crippen LogP contribution < -0.4 is 5.32 Å². The van der Waals surface area contributed by atoms with Crippen molar-refractivity contribution in [3.05, 3.63) is 0 Å². The summed E-state index contributed by atoms with van der Waals surface area (Å²) in [4.78, 5) is 32.0. The smallest absolute Gasteiger partial charge is 0.316 e. The van der Waals surface area contributed by atoms with Crippen molar-refractivity contribution in [1.29, 1.82) is 0 Å². The first-order chi connectivity index (χ1) is 16.1. The molecule has 8 nitrogen and oxygen atoms in total. The van der Waals surface area contributed by atoms with E-state index in [0.717, 1.165) is 13.0 Å². The van der Waals surface area contributed by atoms with Crippen molar-refractivity contribution in [2.45, 2.75) is 105 Å². The normalized spacial score (nSPS) is 43.0. The Balaban J connectivity index is 2.53. The second-order valence-corrected chi connectivity index (χ2v) is 11.8. The van der Waals surface area contributed by atoms with Crippen LogP contribution in [-0.2, 0) is 19.2 Å². The lowest BCUT2D eigenvalue weighted by Gasteiger charge is -2.42. The maximum absolute atomic E-state index is 13.2. The van der Waals surface area contributed by atoms with Crippen LogP contribution in [0.4, 0.5) is 0 Å². The fraction of sp³-hybridized carbons (Fsp3) is 0.889. The van der Waals surface area contributed by atoms with Crippen LogP contribution >= 0.6 is 0 Å². The molecule has 0 aliphatic carbocycles. The average molecular weight is 497 g/mol. The maximum Gasteiger partial charge on any atom is 0.316 e. The Morgan fingerprint density at radius 3 is 2.29 bits per heavy atom. The number of esters is 1. The Morgan fingerprint density at radius 1 is 1.11 bits per heavy atom. The van der Waals surface area contributed by atoms with E-state index in [9.17, 15) is 19.8 Å². The van der Waals surface area contributed by atoms with Gasteiger partial charge >= 0.3 is 5.97 Å². The van der Waals surface area contributed by atoms with Crippen LogP contribution in [0.1, 0.15) is 81.6 Å². The highest BCUT2D eigenvalue weighted by atomic mass is 16.6. The molecule has 35 heavy (non-hydrogen) atoms. The molecular weight excluding hydrogens is 448 g/mol. The van der Waals surface area contributed by atoms with Crippen molar-refractivity contribution >= 4 is 17.5 Å². The number of carbonyl (C=O) groups is 2. The standard InChI is InChI=1S/C27H48N2O6/c1-10-21-27(9,33)24(31)17(4)22(29-35-20-11-12-28-14-20)15(2)13-26(7,8)19(6)16(3)23(30)18(5)25(32)34-21/h15-21,24,28,31,33H,10-14H2,1-9H3/b29-22+/t15-,16-,17+,18-,19-,20-,21-,24-,27-/m1/s1. The highest BCUT2D eigenvalue weighted by Gasteiger charge is 2.47. The van der Waals surface area contributed by atoms with Crippen molar-refractivity contribution in [2.24, 2.45) is 40.2 Å². The van der Waals surface area contributed by atoms with E-state index in [1.807, 2.05) is 13.8 Å². The Hall–Kier alpha value is -1.51. The molecule has 0 aromatic heterocycles. The second kappa shape index (κ2) is 11.7. The van der Waals surface area contributed by atoms with Gasteiger partial charge in [0, 0.05) is 24.8 Å². The van der Waals surface area contributed by atoms with Crippen LogP contribution in [0, 0.1) is 35.0 Å². The topological polar surface area (TPSA) is 117 Å². The predicted molar refractivity (Wildman–Crippen MR) is 136 cm³/mol. The highest BCUT2D eigenvalue weighted by molar-refractivity contribution is 5.99. The van der Waals surface area contributed by atoms with E-state index < -0.39 is 35.6 Å². The molecule has 8 heteroatoms. The van der Waals surface area contributed by atoms with E-state index in [2.05, 4.69) is 38.2 Å². The third-order valence-electron chi connectivity index (χ3n) is 8.69. The number of aliphatic hydroxyl groups is 2. The van der Waals surface area contributed by atoms with E-state index in [-0.39, 0.29) is 41.5 Å². The quantitative estimate of drug-likeness (QED) is 0.312. The third kappa shape index (κ3) is 6.63. The van der Waals surface area contributed by atoms with Gasteiger partial charge in [0.15, 0.2) is 0 Å². The Labute approximate surface area is 211 Å². The number of hydrogen-bond acceptors (Lipinski definition) is 8. The van der Waals surface area contributed by atoms with Gasteiger partial charge in [-0.1, -0.05) is 53.6 Å². The molecule has 2 rings (SSSR count). The lowest BCUT2D eigenvalue weighted by molar-refractivity contribution is -0.186. The summed E-state index contributed by atoms with van der Waals surface area (Å²) in [5.74, 6) is -2.78. The molecule has 0 aromatic carbocycles. The molecule has 0 spiro atoms. The number of oxime groups is 1. The van der Waals surface area contributed by atoms with E-state index in [1.54, 1.807) is 13.8 Å². The number of ether oxygens (including phenoxy) is 1. The van der Waals surface area contributed by atoms with Crippen molar-refractivity contribution in [1.82, 2.24) is 5.32 Å². The zero-order valence-electron chi connectivity index (χ0n) is 23.1. The van der Waals surface area contributed by atoms with Gasteiger partial charge in [0.25, 0.3) is 0 Å². The van der Waals surface area contributed by atoms with Gasteiger partial charge in [-0.2, -0.15) is 0 Å². The summed E-state index contributed by atoms with van der Waals surface area (Å²) in [6.45, 7) is 18.5. The number of aliphatic hydroxyl groups excluding tert-OH is 1. The zero-order chi connectivity index (χ0) is 26.7. The molecule has 2 saturated heterocycles. The fourth-order valence-electron chi connectivity index (χ4n) is 5.71. The molecule has 2 aliphatic rings. The number of Topliss-reactive ketones (excluding diaryl/α,β-unsaturated/α-hetero) is 1. The van der Waals surface area contributed by atoms with Gasteiger partial charge in [-0.15, -0.1) is 0 Å². The predicted octanol–water partition coefficient (Wildman–Crippen LogP) is 3.33. The minimum absolute atomic E-state index is 0.0119. The number of nitrogens with one attached hydrogen (secondary N) is 1. The van der Waals surface area contributed by atoms with Gasteiger partial charge in [-0.05, 0) is 50.5 Å². The Morgan fingerprint density at radius 2 is 1.74 bits per heavy atom. The van der Waals surface area contributed by atoms with E-state index in [1.165, 1.54) is 6.92 Å². The number of cyclic esters (lactones) is 1. The van der Waals surface area contributed by atoms with Gasteiger partial charge in [0.05, 0.1) is 11.8 Å². The fourth-order valence-corrected chi connectivity index (χ4v) is 5.71. The summed E-state index contributed by atoms with van der Waals surface area (Å²) in [7, 11) is 0. The first-order valence-corrected chi connectivity index (χ1v) is 13.2. The van der Waals surface area contributed by atoms with E-state index in [4.69, 9.17) is 9.57 Å². The summed E-state index contributed by atoms with van der Waals surface area (Å²) < 4.78 is 5.65. The van der Waals surface area contributed by atoms with Crippen molar-refractivity contribution in [2.75, 3.05) is 13.1 Å². The first kappa shape index (κ1) is 29.7. The second-order valence-electron chi connectivity index (χ2n) is 11.8. The van der Waals surface area contributed by atoms with Gasteiger partial charge < -0.3 is 25.1 Å². The molecule has 0 radical (unpaired) electrons. The van der Waals surface area contributed by atoms with Crippen molar-refractivity contribution < 1.29 is 29.4 Å². The van der Waals surface area contributed by atoms with Crippen LogP contribution in [-0.4, -0.2) is 64.7 Å². The molecule has 0 unspecified atom stereocenters. The van der Waals surface area contributed by atoms with Crippen LogP contribution in [0.15, 0.2) is 5.16 Å². The zero-order valence-corrected chi connectivity index (χ0v) is 23.1. The molecular formula is C27H48N2O6. The molecule has 0 aromatic rings. The van der Waals surface area contributed by atoms with Gasteiger partial charge in [0.2, 0.25) is 0 Å². The van der Waals surface area contributed by atoms with Gasteiger partial charge in [-0.25, -0.2) is 0 Å². The molecule has 0 bridgehead atoms. The SMILES string of the molecule is CC[C@H]1OC(=O)[C@H](C)C(=O)[C@H](C)[C@@H](C)C(C)(C)C[C@@H](C)/C(=N\O[C@@H]2CCNC2)[C@H](C)[C@@H](O)[C@]1(C)O. The molecule has 2 fully saturated rings. The Bertz CT molecular complexity index is 774. The highest BCUT2D eigenvalue weighted by Crippen LogP contribution is 2.41. The van der Waals surface area contributed by atoms with Crippen LogP contribution in [0.3, 0.4) is 0 Å². The number of carbonyl (C=O) groups excluding carboxylic acids is 2. The number of hydrogen-bond donors (Lipinski definition) is 3. The largest absolute Gasteiger partial charge is 0.459 e. The molecule has 3 N–H and O–H groups in total. The average Bonchev–Trinajstić information content (AvgIpc) is 3.32. The minimum Gasteiger partial charge on any atom is -0.459 e. The van der Waals surface area contributed by atoms with Crippen LogP contribution in [0.5, 0.6) is 0 Å². The summed E-state index contributed by atoms with van der Waals surface area (Å²) in [6, 6.07) is 0. The van der Waals surface area contributed by atoms with Crippen molar-refractivity contribution in [3.63, 3.8) is 0 Å². The molecule has 202 valence electrons. The lowest BCUT2D eigenvalue weighted by atomic mass is 9.65. The number of rotatable bonds is 3. The number of nitrogens with zero attached hydrogens (tertiary/aromatic N) is 1. The molecule has 0 saturated carbocycles. The van der Waals surface area contributed by atoms with Gasteiger partial charge in [-0.3, -0.25) is 9.59 Å². The number of ketones is 1. The first-order valence-electron chi connectivity index (χ1n) is 13.2. The lowest BCUT2D eigenvalue weighted by Crippen LogP contribution is -2.56. The maximum atomic E-state index is 13.2. The monoisotopic (exact) mass is 496 g/mol. The Kier molecular flexibility index (Phi) is 9.93. The van der Waals surface area contributed by atoms with Crippen LogP contribution in [0.2, 0.25) is 0 Å². The summed E-state index contributed by atoms with van der Waals surface area (Å²) in [5.41, 5.74) is -1.35. The summed E-state index contributed by atoms with van der Waals surface area (Å²) >= 11 is 0. The molecule has 2 heterocycles. The van der Waals surface area contributed by atoms with Crippen LogP contribution in [0.25, 0.3) is 0 Å². The minimum atomic E-state index is -1.75. The molecule has 2 aliphatic heterocycles. The van der Waals surface area contributed by atoms with Gasteiger partial charge in [0.1, 0.15) is 29.5 Å². The summed E-state index contributed by atoms with van der Waals surface area (Å²) in [5, 5.41) is 30.6. The molecule has 9 atom stereocenters. The third-order valence-corrected chi connectivity index (χ3v) is 8.69. The van der Waals surface area contributed by atoms with E-state index >= 15 is 0 Å².